The third-order valence-electron chi connectivity index (χ3n) is 4.30. The van der Waals surface area contributed by atoms with E-state index in [0.29, 0.717) is 40.3 Å². The highest BCUT2D eigenvalue weighted by Gasteiger charge is 2.16. The number of anilines is 2. The number of aromatic nitrogens is 2. The second-order valence-electron chi connectivity index (χ2n) is 6.20. The number of halogens is 1. The standard InChI is InChI=1S/C19H27ClN6/c1-2-15(20)6-4-3-5-7-16(21)17-18(22)25-13-26-19(17)24-12-14-8-10-23-11-9-14/h2-6,13-14,21,23H,7-12H2,1H3,(H3,22,24,25,26)/b5-3+,6-4-,15-2+,21-16?. The van der Waals surface area contributed by atoms with Crippen molar-refractivity contribution >= 4 is 28.9 Å². The summed E-state index contributed by atoms with van der Waals surface area (Å²) in [5.74, 6) is 1.58. The van der Waals surface area contributed by atoms with Crippen molar-refractivity contribution in [3.8, 4) is 0 Å². The first-order valence-corrected chi connectivity index (χ1v) is 9.27. The molecule has 2 heterocycles. The highest BCUT2D eigenvalue weighted by atomic mass is 35.5. The predicted octanol–water partition coefficient (Wildman–Crippen LogP) is 3.48. The van der Waals surface area contributed by atoms with E-state index in [-0.39, 0.29) is 0 Å². The minimum absolute atomic E-state index is 0.332. The van der Waals surface area contributed by atoms with Gasteiger partial charge in [0.25, 0.3) is 0 Å². The monoisotopic (exact) mass is 374 g/mol. The van der Waals surface area contributed by atoms with E-state index in [9.17, 15) is 0 Å². The molecule has 7 heteroatoms. The Morgan fingerprint density at radius 3 is 2.88 bits per heavy atom. The minimum atomic E-state index is 0.332. The van der Waals surface area contributed by atoms with E-state index in [1.54, 1.807) is 6.08 Å². The van der Waals surface area contributed by atoms with Gasteiger partial charge in [-0.15, -0.1) is 0 Å². The summed E-state index contributed by atoms with van der Waals surface area (Å²) in [4.78, 5) is 8.35. The Kier molecular flexibility index (Phi) is 8.31. The van der Waals surface area contributed by atoms with Crippen molar-refractivity contribution in [2.24, 2.45) is 5.92 Å². The lowest BCUT2D eigenvalue weighted by Crippen LogP contribution is -2.31. The maximum Gasteiger partial charge on any atom is 0.140 e. The lowest BCUT2D eigenvalue weighted by atomic mass is 9.98. The van der Waals surface area contributed by atoms with Crippen LogP contribution in [0.2, 0.25) is 0 Å². The average Bonchev–Trinajstić information content (AvgIpc) is 2.66. The van der Waals surface area contributed by atoms with E-state index < -0.39 is 0 Å². The molecule has 5 N–H and O–H groups in total. The summed E-state index contributed by atoms with van der Waals surface area (Å²) in [5, 5.41) is 15.8. The quantitative estimate of drug-likeness (QED) is 0.412. The second kappa shape index (κ2) is 10.7. The molecule has 0 unspecified atom stereocenters. The van der Waals surface area contributed by atoms with Crippen molar-refractivity contribution < 1.29 is 0 Å². The van der Waals surface area contributed by atoms with Crippen molar-refractivity contribution in [2.75, 3.05) is 30.7 Å². The zero-order valence-electron chi connectivity index (χ0n) is 15.1. The van der Waals surface area contributed by atoms with Gasteiger partial charge in [-0.25, -0.2) is 9.97 Å². The van der Waals surface area contributed by atoms with Crippen LogP contribution in [0.25, 0.3) is 0 Å². The van der Waals surface area contributed by atoms with Crippen LogP contribution >= 0.6 is 11.6 Å². The maximum atomic E-state index is 8.37. The van der Waals surface area contributed by atoms with Crippen LogP contribution in [0.15, 0.2) is 41.7 Å². The topological polar surface area (TPSA) is 99.7 Å². The van der Waals surface area contributed by atoms with Gasteiger partial charge >= 0.3 is 0 Å². The van der Waals surface area contributed by atoms with E-state index in [0.717, 1.165) is 32.5 Å². The van der Waals surface area contributed by atoms with E-state index in [1.807, 2.05) is 31.2 Å². The average molecular weight is 375 g/mol. The molecule has 0 spiro atoms. The molecule has 26 heavy (non-hydrogen) atoms. The van der Waals surface area contributed by atoms with Crippen LogP contribution in [0.4, 0.5) is 11.6 Å². The van der Waals surface area contributed by atoms with Gasteiger partial charge in [0.15, 0.2) is 0 Å². The van der Waals surface area contributed by atoms with Crippen molar-refractivity contribution in [2.45, 2.75) is 26.2 Å². The fourth-order valence-corrected chi connectivity index (χ4v) is 2.84. The number of hydrogen-bond acceptors (Lipinski definition) is 6. The first-order valence-electron chi connectivity index (χ1n) is 8.89. The third-order valence-corrected chi connectivity index (χ3v) is 4.64. The fourth-order valence-electron chi connectivity index (χ4n) is 2.77. The third kappa shape index (κ3) is 6.28. The van der Waals surface area contributed by atoms with E-state index in [4.69, 9.17) is 22.7 Å². The first-order chi connectivity index (χ1) is 12.6. The van der Waals surface area contributed by atoms with Crippen molar-refractivity contribution in [3.05, 3.63) is 47.3 Å². The molecule has 1 fully saturated rings. The van der Waals surface area contributed by atoms with E-state index in [2.05, 4.69) is 20.6 Å². The van der Waals surface area contributed by atoms with Gasteiger partial charge in [-0.1, -0.05) is 35.9 Å². The van der Waals surface area contributed by atoms with E-state index in [1.165, 1.54) is 6.33 Å². The summed E-state index contributed by atoms with van der Waals surface area (Å²) < 4.78 is 0. The fraction of sp³-hybridized carbons (Fsp3) is 0.421. The summed E-state index contributed by atoms with van der Waals surface area (Å²) in [6.07, 6.45) is 13.4. The van der Waals surface area contributed by atoms with Gasteiger partial charge < -0.3 is 21.8 Å². The van der Waals surface area contributed by atoms with Crippen LogP contribution in [-0.2, 0) is 0 Å². The molecule has 1 saturated heterocycles. The predicted molar refractivity (Wildman–Crippen MR) is 110 cm³/mol. The van der Waals surface area contributed by atoms with E-state index >= 15 is 0 Å². The molecule has 0 aromatic carbocycles. The molecule has 1 aliphatic rings. The number of piperidine rings is 1. The summed E-state index contributed by atoms with van der Waals surface area (Å²) in [6, 6.07) is 0. The number of nitrogen functional groups attached to an aromatic ring is 1. The van der Waals surface area contributed by atoms with Gasteiger partial charge in [-0.3, -0.25) is 0 Å². The molecule has 1 aromatic heterocycles. The number of hydrogen-bond donors (Lipinski definition) is 4. The SMILES string of the molecule is C\C=C(Cl)/C=C\C=C\CC(=N)c1c(N)ncnc1NCC1CCNCC1. The van der Waals surface area contributed by atoms with Crippen LogP contribution in [-0.4, -0.2) is 35.3 Å². The van der Waals surface area contributed by atoms with Gasteiger partial charge in [0.1, 0.15) is 18.0 Å². The molecule has 140 valence electrons. The van der Waals surface area contributed by atoms with Crippen LogP contribution in [0, 0.1) is 11.3 Å². The van der Waals surface area contributed by atoms with Gasteiger partial charge in [0.2, 0.25) is 0 Å². The Morgan fingerprint density at radius 1 is 1.38 bits per heavy atom. The second-order valence-corrected chi connectivity index (χ2v) is 6.64. The van der Waals surface area contributed by atoms with Crippen molar-refractivity contribution in [1.29, 1.82) is 5.41 Å². The lowest BCUT2D eigenvalue weighted by molar-refractivity contribution is 0.389. The van der Waals surface area contributed by atoms with Gasteiger partial charge in [0, 0.05) is 23.7 Å². The molecule has 2 rings (SSSR count). The van der Waals surface area contributed by atoms with Crippen LogP contribution in [0.1, 0.15) is 31.7 Å². The highest BCUT2D eigenvalue weighted by Crippen LogP contribution is 2.21. The largest absolute Gasteiger partial charge is 0.383 e. The molecule has 6 nitrogen and oxygen atoms in total. The zero-order chi connectivity index (χ0) is 18.8. The molecule has 0 atom stereocenters. The Balaban J connectivity index is 1.99. The molecule has 0 bridgehead atoms. The van der Waals surface area contributed by atoms with Crippen LogP contribution in [0.5, 0.6) is 0 Å². The molecule has 1 aliphatic heterocycles. The molecule has 0 amide bonds. The summed E-state index contributed by atoms with van der Waals surface area (Å²) in [6.45, 7) is 4.81. The molecule has 0 radical (unpaired) electrons. The first kappa shape index (κ1) is 20.1. The molecular weight excluding hydrogens is 348 g/mol. The molecular formula is C19H27ClN6. The maximum absolute atomic E-state index is 8.37. The number of nitrogens with two attached hydrogens (primary N) is 1. The smallest absolute Gasteiger partial charge is 0.140 e. The highest BCUT2D eigenvalue weighted by molar-refractivity contribution is 6.31. The Morgan fingerprint density at radius 2 is 2.15 bits per heavy atom. The summed E-state index contributed by atoms with van der Waals surface area (Å²) in [7, 11) is 0. The number of nitrogens with zero attached hydrogens (tertiary/aromatic N) is 2. The summed E-state index contributed by atoms with van der Waals surface area (Å²) >= 11 is 5.90. The van der Waals surface area contributed by atoms with Gasteiger partial charge in [0.05, 0.1) is 5.56 Å². The molecule has 0 aliphatic carbocycles. The minimum Gasteiger partial charge on any atom is -0.383 e. The lowest BCUT2D eigenvalue weighted by Gasteiger charge is -2.23. The van der Waals surface area contributed by atoms with Crippen LogP contribution in [0.3, 0.4) is 0 Å². The van der Waals surface area contributed by atoms with Crippen molar-refractivity contribution in [3.63, 3.8) is 0 Å². The summed E-state index contributed by atoms with van der Waals surface area (Å²) in [5.41, 5.74) is 6.99. The van der Waals surface area contributed by atoms with Crippen LogP contribution < -0.4 is 16.4 Å². The Bertz CT molecular complexity index is 689. The molecule has 1 aromatic rings. The number of nitrogens with one attached hydrogen (secondary N) is 3. The Labute approximate surface area is 160 Å². The Hall–Kier alpha value is -2.18. The van der Waals surface area contributed by atoms with Gasteiger partial charge in [-0.05, 0) is 44.8 Å². The van der Waals surface area contributed by atoms with Gasteiger partial charge in [-0.2, -0.15) is 0 Å². The number of allylic oxidation sites excluding steroid dienone is 6. The zero-order valence-corrected chi connectivity index (χ0v) is 15.9. The molecule has 0 saturated carbocycles. The van der Waals surface area contributed by atoms with Crippen molar-refractivity contribution in [1.82, 2.24) is 15.3 Å². The number of rotatable bonds is 8. The normalized spacial score (nSPS) is 16.5.